The highest BCUT2D eigenvalue weighted by Gasteiger charge is 2.24. The molecule has 2 N–H and O–H groups in total. The van der Waals surface area contributed by atoms with Crippen molar-refractivity contribution in [3.05, 3.63) is 66.0 Å². The summed E-state index contributed by atoms with van der Waals surface area (Å²) in [6.45, 7) is 8.44. The van der Waals surface area contributed by atoms with Gasteiger partial charge in [0.1, 0.15) is 11.6 Å². The number of H-pyrrole nitrogens is 1. The highest BCUT2D eigenvalue weighted by Crippen LogP contribution is 2.29. The molecule has 0 saturated heterocycles. The fourth-order valence-corrected chi connectivity index (χ4v) is 3.67. The molecule has 5 aromatic rings. The Bertz CT molecular complexity index is 1560. The lowest BCUT2D eigenvalue weighted by Gasteiger charge is -2.11. The minimum atomic E-state index is -0.561. The van der Waals surface area contributed by atoms with Gasteiger partial charge >= 0.3 is 11.8 Å². The minimum Gasteiger partial charge on any atom is -0.416 e. The molecule has 184 valence electrons. The number of nitrogens with one attached hydrogen (secondary N) is 2. The van der Waals surface area contributed by atoms with Crippen LogP contribution in [0.4, 0.5) is 4.39 Å². The first kappa shape index (κ1) is 23.3. The summed E-state index contributed by atoms with van der Waals surface area (Å²) < 4.78 is 22.3. The lowest BCUT2D eigenvalue weighted by Crippen LogP contribution is -2.23. The van der Waals surface area contributed by atoms with Gasteiger partial charge in [0, 0.05) is 42.0 Å². The SMILES string of the molecule is CCn1cc(-c2nc3nccc(-c4ccc(CNC(=O)c5nnc(C(C)(C)C)o5)c(F)c4)c3[nH]2)cn1. The zero-order chi connectivity index (χ0) is 25.4. The van der Waals surface area contributed by atoms with Crippen LogP contribution in [0.3, 0.4) is 0 Å². The average Bonchev–Trinajstić information content (AvgIpc) is 3.61. The Morgan fingerprint density at radius 2 is 2.03 bits per heavy atom. The standard InChI is InChI=1S/C25H25FN8O2/c1-5-34-13-16(12-29-34)20-30-19-17(8-9-27-21(19)31-20)14-6-7-15(18(26)10-14)11-28-22(35)23-32-33-24(36-23)25(2,3)4/h6-10,12-13H,5,11H2,1-4H3,(H,28,35)(H,27,30,31). The van der Waals surface area contributed by atoms with Gasteiger partial charge in [0.15, 0.2) is 5.65 Å². The van der Waals surface area contributed by atoms with E-state index in [1.807, 2.05) is 38.6 Å². The normalized spacial score (nSPS) is 11.8. The quantitative estimate of drug-likeness (QED) is 0.366. The van der Waals surface area contributed by atoms with Crippen molar-refractivity contribution >= 4 is 17.1 Å². The lowest BCUT2D eigenvalue weighted by molar-refractivity contribution is 0.0912. The largest absolute Gasteiger partial charge is 0.416 e. The Morgan fingerprint density at radius 3 is 2.72 bits per heavy atom. The van der Waals surface area contributed by atoms with E-state index in [4.69, 9.17) is 4.42 Å². The van der Waals surface area contributed by atoms with Gasteiger partial charge in [-0.25, -0.2) is 14.4 Å². The van der Waals surface area contributed by atoms with Crippen molar-refractivity contribution in [2.24, 2.45) is 0 Å². The topological polar surface area (TPSA) is 127 Å². The zero-order valence-corrected chi connectivity index (χ0v) is 20.3. The molecule has 0 unspecified atom stereocenters. The Morgan fingerprint density at radius 1 is 1.19 bits per heavy atom. The van der Waals surface area contributed by atoms with E-state index in [2.05, 4.69) is 35.6 Å². The summed E-state index contributed by atoms with van der Waals surface area (Å²) in [6.07, 6.45) is 5.28. The van der Waals surface area contributed by atoms with Crippen LogP contribution in [0.25, 0.3) is 33.7 Å². The van der Waals surface area contributed by atoms with Gasteiger partial charge in [-0.15, -0.1) is 10.2 Å². The van der Waals surface area contributed by atoms with Crippen LogP contribution in [-0.4, -0.2) is 40.8 Å². The second-order valence-corrected chi connectivity index (χ2v) is 9.38. The van der Waals surface area contributed by atoms with Gasteiger partial charge in [-0.3, -0.25) is 9.48 Å². The van der Waals surface area contributed by atoms with Gasteiger partial charge in [-0.05, 0) is 24.6 Å². The van der Waals surface area contributed by atoms with Crippen molar-refractivity contribution in [3.63, 3.8) is 0 Å². The van der Waals surface area contributed by atoms with E-state index in [0.29, 0.717) is 34.0 Å². The number of carbonyl (C=O) groups is 1. The van der Waals surface area contributed by atoms with Crippen molar-refractivity contribution in [1.82, 2.24) is 40.2 Å². The number of aromatic nitrogens is 7. The molecule has 36 heavy (non-hydrogen) atoms. The molecule has 1 aromatic carbocycles. The van der Waals surface area contributed by atoms with Crippen LogP contribution in [0.2, 0.25) is 0 Å². The first-order valence-corrected chi connectivity index (χ1v) is 11.5. The highest BCUT2D eigenvalue weighted by atomic mass is 19.1. The number of fused-ring (bicyclic) bond motifs is 1. The van der Waals surface area contributed by atoms with Crippen LogP contribution < -0.4 is 5.32 Å². The third-order valence-corrected chi connectivity index (χ3v) is 5.69. The molecule has 0 aliphatic heterocycles. The van der Waals surface area contributed by atoms with Gasteiger partial charge in [0.2, 0.25) is 5.89 Å². The first-order valence-electron chi connectivity index (χ1n) is 11.5. The Labute approximate surface area is 206 Å². The molecule has 0 saturated carbocycles. The lowest BCUT2D eigenvalue weighted by atomic mass is 9.97. The van der Waals surface area contributed by atoms with Crippen LogP contribution in [0.15, 0.2) is 47.3 Å². The molecule has 4 heterocycles. The molecule has 0 bridgehead atoms. The second-order valence-electron chi connectivity index (χ2n) is 9.38. The van der Waals surface area contributed by atoms with Crippen molar-refractivity contribution in [2.75, 3.05) is 0 Å². The minimum absolute atomic E-state index is 0.0282. The number of carbonyl (C=O) groups excluding carboxylic acids is 1. The number of hydrogen-bond donors (Lipinski definition) is 2. The number of amides is 1. The Kier molecular flexibility index (Phi) is 5.83. The van der Waals surface area contributed by atoms with Gasteiger partial charge < -0.3 is 14.7 Å². The molecule has 0 radical (unpaired) electrons. The molecule has 4 aromatic heterocycles. The van der Waals surface area contributed by atoms with Gasteiger partial charge in [0.05, 0.1) is 17.3 Å². The first-order chi connectivity index (χ1) is 17.2. The maximum Gasteiger partial charge on any atom is 0.309 e. The van der Waals surface area contributed by atoms with Crippen molar-refractivity contribution < 1.29 is 13.6 Å². The molecular weight excluding hydrogens is 463 g/mol. The summed E-state index contributed by atoms with van der Waals surface area (Å²) in [5, 5.41) is 14.6. The summed E-state index contributed by atoms with van der Waals surface area (Å²) in [5.74, 6) is -0.180. The van der Waals surface area contributed by atoms with Gasteiger partial charge in [-0.1, -0.05) is 32.9 Å². The van der Waals surface area contributed by atoms with E-state index in [0.717, 1.165) is 17.7 Å². The van der Waals surface area contributed by atoms with Crippen LogP contribution in [0, 0.1) is 5.82 Å². The number of aryl methyl sites for hydroxylation is 1. The van der Waals surface area contributed by atoms with Gasteiger partial charge in [-0.2, -0.15) is 5.10 Å². The molecule has 11 heteroatoms. The summed E-state index contributed by atoms with van der Waals surface area (Å²) in [5.41, 5.74) is 3.43. The fraction of sp³-hybridized carbons (Fsp3) is 0.280. The van der Waals surface area contributed by atoms with Crippen molar-refractivity contribution in [1.29, 1.82) is 0 Å². The third-order valence-electron chi connectivity index (χ3n) is 5.69. The number of imidazole rings is 1. The van der Waals surface area contributed by atoms with Crippen LogP contribution in [0.1, 0.15) is 49.8 Å². The summed E-state index contributed by atoms with van der Waals surface area (Å²) in [4.78, 5) is 24.6. The smallest absolute Gasteiger partial charge is 0.309 e. The maximum absolute atomic E-state index is 15.0. The molecule has 0 spiro atoms. The predicted molar refractivity (Wildman–Crippen MR) is 130 cm³/mol. The second kappa shape index (κ2) is 8.99. The van der Waals surface area contributed by atoms with E-state index in [1.54, 1.807) is 30.6 Å². The van der Waals surface area contributed by atoms with Crippen molar-refractivity contribution in [3.8, 4) is 22.5 Å². The van der Waals surface area contributed by atoms with E-state index >= 15 is 4.39 Å². The summed E-state index contributed by atoms with van der Waals surface area (Å²) >= 11 is 0. The molecule has 10 nitrogen and oxygen atoms in total. The zero-order valence-electron chi connectivity index (χ0n) is 20.3. The van der Waals surface area contributed by atoms with E-state index in [1.165, 1.54) is 6.07 Å². The molecule has 1 amide bonds. The Balaban J connectivity index is 1.36. The van der Waals surface area contributed by atoms with Gasteiger partial charge in [0.25, 0.3) is 0 Å². The fourth-order valence-electron chi connectivity index (χ4n) is 3.67. The average molecular weight is 489 g/mol. The molecule has 0 aliphatic carbocycles. The molecule has 5 rings (SSSR count). The summed E-state index contributed by atoms with van der Waals surface area (Å²) in [6, 6.07) is 6.65. The maximum atomic E-state index is 15.0. The number of halogens is 1. The number of rotatable bonds is 6. The third kappa shape index (κ3) is 4.47. The number of hydrogen-bond acceptors (Lipinski definition) is 7. The van der Waals surface area contributed by atoms with Crippen LogP contribution in [0.5, 0.6) is 0 Å². The van der Waals surface area contributed by atoms with E-state index in [-0.39, 0.29) is 17.9 Å². The number of benzene rings is 1. The van der Waals surface area contributed by atoms with E-state index in [9.17, 15) is 4.79 Å². The number of nitrogens with zero attached hydrogens (tertiary/aromatic N) is 6. The predicted octanol–water partition coefficient (Wildman–Crippen LogP) is 4.26. The number of aromatic amines is 1. The number of pyridine rings is 1. The molecular formula is C25H25FN8O2. The van der Waals surface area contributed by atoms with Crippen molar-refractivity contribution in [2.45, 2.75) is 46.2 Å². The van der Waals surface area contributed by atoms with Crippen LogP contribution >= 0.6 is 0 Å². The molecule has 0 fully saturated rings. The summed E-state index contributed by atoms with van der Waals surface area (Å²) in [7, 11) is 0. The molecule has 0 aliphatic rings. The highest BCUT2D eigenvalue weighted by molar-refractivity contribution is 5.91. The monoisotopic (exact) mass is 488 g/mol. The molecule has 0 atom stereocenters. The van der Waals surface area contributed by atoms with E-state index < -0.39 is 11.7 Å². The Hall–Kier alpha value is -4.41. The van der Waals surface area contributed by atoms with Crippen LogP contribution in [-0.2, 0) is 18.5 Å².